The lowest BCUT2D eigenvalue weighted by Crippen LogP contribution is -2.39. The number of fused-ring (bicyclic) bond motifs is 1. The molecule has 0 bridgehead atoms. The second-order valence-electron chi connectivity index (χ2n) is 7.99. The molecule has 0 radical (unpaired) electrons. The lowest BCUT2D eigenvalue weighted by molar-refractivity contribution is 0.0943. The summed E-state index contributed by atoms with van der Waals surface area (Å²) in [6.45, 7) is 5.34. The van der Waals surface area contributed by atoms with Crippen LogP contribution in [0.3, 0.4) is 0 Å². The van der Waals surface area contributed by atoms with Gasteiger partial charge in [0.2, 0.25) is 0 Å². The summed E-state index contributed by atoms with van der Waals surface area (Å²) in [4.78, 5) is 27.5. The third-order valence-electron chi connectivity index (χ3n) is 5.68. The Bertz CT molecular complexity index is 1120. The molecule has 0 fully saturated rings. The van der Waals surface area contributed by atoms with Gasteiger partial charge >= 0.3 is 6.03 Å². The van der Waals surface area contributed by atoms with Gasteiger partial charge in [-0.1, -0.05) is 42.5 Å². The first kappa shape index (κ1) is 20.7. The summed E-state index contributed by atoms with van der Waals surface area (Å²) in [5, 5.41) is 10.4. The lowest BCUT2D eigenvalue weighted by atomic mass is 10.0. The standard InChI is InChI=1S/C24H27N5O2/c1-16-9-10-17(2)20(13-16)26-24(31)29-12-11-21-19(15-29)22(27-28(21)3)23(30)25-14-18-7-5-4-6-8-18/h4-10,13H,11-12,14-15H2,1-3H3,(H,25,30)(H,26,31). The molecule has 7 heteroatoms. The van der Waals surface area contributed by atoms with Gasteiger partial charge in [-0.3, -0.25) is 9.48 Å². The van der Waals surface area contributed by atoms with Crippen molar-refractivity contribution in [1.82, 2.24) is 20.0 Å². The number of anilines is 1. The average Bonchev–Trinajstić information content (AvgIpc) is 3.11. The van der Waals surface area contributed by atoms with Gasteiger partial charge in [-0.15, -0.1) is 0 Å². The van der Waals surface area contributed by atoms with Crippen LogP contribution in [0.4, 0.5) is 10.5 Å². The fourth-order valence-electron chi connectivity index (χ4n) is 3.87. The Morgan fingerprint density at radius 1 is 1.10 bits per heavy atom. The van der Waals surface area contributed by atoms with Gasteiger partial charge < -0.3 is 15.5 Å². The summed E-state index contributed by atoms with van der Waals surface area (Å²) in [7, 11) is 1.85. The van der Waals surface area contributed by atoms with E-state index in [0.717, 1.165) is 33.6 Å². The minimum atomic E-state index is -0.225. The van der Waals surface area contributed by atoms with Crippen LogP contribution in [0.2, 0.25) is 0 Å². The number of amides is 3. The number of carbonyl (C=O) groups excluding carboxylic acids is 2. The second kappa shape index (κ2) is 8.63. The van der Waals surface area contributed by atoms with Gasteiger partial charge in [-0.05, 0) is 36.6 Å². The summed E-state index contributed by atoms with van der Waals surface area (Å²) in [5.74, 6) is -0.225. The molecule has 1 aliphatic rings. The maximum absolute atomic E-state index is 12.9. The number of benzene rings is 2. The Morgan fingerprint density at radius 3 is 2.65 bits per heavy atom. The quantitative estimate of drug-likeness (QED) is 0.681. The molecule has 0 unspecified atom stereocenters. The summed E-state index contributed by atoms with van der Waals surface area (Å²) < 4.78 is 1.76. The highest BCUT2D eigenvalue weighted by Gasteiger charge is 2.29. The summed E-state index contributed by atoms with van der Waals surface area (Å²) >= 11 is 0. The first-order valence-electron chi connectivity index (χ1n) is 10.4. The van der Waals surface area contributed by atoms with E-state index in [1.165, 1.54) is 0 Å². The van der Waals surface area contributed by atoms with E-state index in [1.807, 2.05) is 69.4 Å². The predicted octanol–water partition coefficient (Wildman–Crippen LogP) is 3.56. The van der Waals surface area contributed by atoms with E-state index in [9.17, 15) is 9.59 Å². The number of carbonyl (C=O) groups is 2. The van der Waals surface area contributed by atoms with E-state index in [4.69, 9.17) is 0 Å². The Hall–Kier alpha value is -3.61. The Kier molecular flexibility index (Phi) is 5.75. The van der Waals surface area contributed by atoms with Crippen LogP contribution in [0.15, 0.2) is 48.5 Å². The summed E-state index contributed by atoms with van der Waals surface area (Å²) in [6.07, 6.45) is 0.658. The minimum Gasteiger partial charge on any atom is -0.347 e. The van der Waals surface area contributed by atoms with Crippen molar-refractivity contribution in [1.29, 1.82) is 0 Å². The Labute approximate surface area is 182 Å². The van der Waals surface area contributed by atoms with Gasteiger partial charge in [-0.25, -0.2) is 4.79 Å². The van der Waals surface area contributed by atoms with Crippen LogP contribution in [0, 0.1) is 13.8 Å². The maximum Gasteiger partial charge on any atom is 0.322 e. The van der Waals surface area contributed by atoms with Crippen LogP contribution in [0.25, 0.3) is 0 Å². The Morgan fingerprint density at radius 2 is 1.87 bits per heavy atom. The van der Waals surface area contributed by atoms with Crippen molar-refractivity contribution in [2.75, 3.05) is 11.9 Å². The van der Waals surface area contributed by atoms with E-state index in [0.29, 0.717) is 31.7 Å². The van der Waals surface area contributed by atoms with Crippen molar-refractivity contribution >= 4 is 17.6 Å². The van der Waals surface area contributed by atoms with Crippen molar-refractivity contribution in [3.8, 4) is 0 Å². The molecular weight excluding hydrogens is 390 g/mol. The van der Waals surface area contributed by atoms with Crippen molar-refractivity contribution in [3.05, 3.63) is 82.2 Å². The first-order chi connectivity index (χ1) is 14.9. The number of aryl methyl sites for hydroxylation is 3. The van der Waals surface area contributed by atoms with Gasteiger partial charge in [0.15, 0.2) is 5.69 Å². The third kappa shape index (κ3) is 4.45. The average molecular weight is 418 g/mol. The topological polar surface area (TPSA) is 79.3 Å². The van der Waals surface area contributed by atoms with E-state index < -0.39 is 0 Å². The molecule has 7 nitrogen and oxygen atoms in total. The maximum atomic E-state index is 12.9. The monoisotopic (exact) mass is 417 g/mol. The molecule has 160 valence electrons. The van der Waals surface area contributed by atoms with Crippen LogP contribution in [-0.2, 0) is 26.6 Å². The molecule has 0 saturated heterocycles. The molecule has 31 heavy (non-hydrogen) atoms. The van der Waals surface area contributed by atoms with Gasteiger partial charge in [-0.2, -0.15) is 5.10 Å². The molecule has 0 atom stereocenters. The van der Waals surface area contributed by atoms with Crippen LogP contribution >= 0.6 is 0 Å². The zero-order valence-corrected chi connectivity index (χ0v) is 18.1. The highest BCUT2D eigenvalue weighted by Crippen LogP contribution is 2.24. The van der Waals surface area contributed by atoms with Crippen molar-refractivity contribution in [2.45, 2.75) is 33.4 Å². The fourth-order valence-corrected chi connectivity index (χ4v) is 3.87. The number of nitrogens with zero attached hydrogens (tertiary/aromatic N) is 3. The van der Waals surface area contributed by atoms with E-state index in [1.54, 1.807) is 9.58 Å². The molecule has 0 saturated carbocycles. The number of urea groups is 1. The molecule has 0 aliphatic carbocycles. The largest absolute Gasteiger partial charge is 0.347 e. The van der Waals surface area contributed by atoms with E-state index in [-0.39, 0.29) is 11.9 Å². The van der Waals surface area contributed by atoms with Crippen LogP contribution in [0.5, 0.6) is 0 Å². The molecular formula is C24H27N5O2. The number of hydrogen-bond acceptors (Lipinski definition) is 3. The summed E-state index contributed by atoms with van der Waals surface area (Å²) in [6, 6.07) is 15.6. The van der Waals surface area contributed by atoms with Gasteiger partial charge in [0.05, 0.1) is 6.54 Å². The van der Waals surface area contributed by atoms with Crippen molar-refractivity contribution in [3.63, 3.8) is 0 Å². The van der Waals surface area contributed by atoms with E-state index in [2.05, 4.69) is 15.7 Å². The van der Waals surface area contributed by atoms with Crippen LogP contribution < -0.4 is 10.6 Å². The van der Waals surface area contributed by atoms with Gasteiger partial charge in [0, 0.05) is 43.5 Å². The first-order valence-corrected chi connectivity index (χ1v) is 10.4. The molecule has 2 N–H and O–H groups in total. The molecule has 3 aromatic rings. The van der Waals surface area contributed by atoms with Gasteiger partial charge in [0.1, 0.15) is 0 Å². The van der Waals surface area contributed by atoms with Gasteiger partial charge in [0.25, 0.3) is 5.91 Å². The highest BCUT2D eigenvalue weighted by atomic mass is 16.2. The molecule has 4 rings (SSSR count). The van der Waals surface area contributed by atoms with Crippen molar-refractivity contribution < 1.29 is 9.59 Å². The molecule has 3 amide bonds. The zero-order chi connectivity index (χ0) is 22.0. The highest BCUT2D eigenvalue weighted by molar-refractivity contribution is 5.95. The predicted molar refractivity (Wildman–Crippen MR) is 120 cm³/mol. The van der Waals surface area contributed by atoms with Crippen LogP contribution in [0.1, 0.15) is 38.4 Å². The van der Waals surface area contributed by atoms with E-state index >= 15 is 0 Å². The fraction of sp³-hybridized carbons (Fsp3) is 0.292. The summed E-state index contributed by atoms with van der Waals surface area (Å²) in [5.41, 5.74) is 6.14. The SMILES string of the molecule is Cc1ccc(C)c(NC(=O)N2CCc3c(c(C(=O)NCc4ccccc4)nn3C)C2)c1. The van der Waals surface area contributed by atoms with Crippen molar-refractivity contribution in [2.24, 2.45) is 7.05 Å². The molecule has 0 spiro atoms. The normalized spacial score (nSPS) is 12.9. The minimum absolute atomic E-state index is 0.168. The Balaban J connectivity index is 1.48. The molecule has 1 aliphatic heterocycles. The number of aromatic nitrogens is 2. The number of nitrogens with one attached hydrogen (secondary N) is 2. The zero-order valence-electron chi connectivity index (χ0n) is 18.1. The number of hydrogen-bond donors (Lipinski definition) is 2. The molecule has 1 aromatic heterocycles. The second-order valence-corrected chi connectivity index (χ2v) is 7.99. The number of rotatable bonds is 4. The lowest BCUT2D eigenvalue weighted by Gasteiger charge is -2.28. The molecule has 2 aromatic carbocycles. The smallest absolute Gasteiger partial charge is 0.322 e. The van der Waals surface area contributed by atoms with Crippen LogP contribution in [-0.4, -0.2) is 33.2 Å². The third-order valence-corrected chi connectivity index (χ3v) is 5.68. The molecule has 2 heterocycles.